The van der Waals surface area contributed by atoms with Crippen LogP contribution in [-0.4, -0.2) is 22.7 Å². The topological polar surface area (TPSA) is 75.4 Å². The minimum absolute atomic E-state index is 0.0447. The fourth-order valence-electron chi connectivity index (χ4n) is 1.54. The lowest BCUT2D eigenvalue weighted by atomic mass is 10.1. The van der Waals surface area contributed by atoms with E-state index in [-0.39, 0.29) is 29.0 Å². The molecular weight excluding hydrogens is 263 g/mol. The monoisotopic (exact) mass is 276 g/mol. The molecule has 5 nitrogen and oxygen atoms in total. The van der Waals surface area contributed by atoms with Gasteiger partial charge in [0.05, 0.1) is 9.95 Å². The van der Waals surface area contributed by atoms with Gasteiger partial charge in [0.1, 0.15) is 11.5 Å². The van der Waals surface area contributed by atoms with Crippen LogP contribution in [0.25, 0.3) is 0 Å². The highest BCUT2D eigenvalue weighted by Crippen LogP contribution is 2.31. The minimum atomic E-state index is -0.709. The fraction of sp³-hybridized carbons (Fsp3) is 0.455. The van der Waals surface area contributed by atoms with E-state index in [1.807, 2.05) is 0 Å². The summed E-state index contributed by atoms with van der Waals surface area (Å²) in [5.74, 6) is -0.709. The smallest absolute Gasteiger partial charge is 0.294 e. The van der Waals surface area contributed by atoms with Gasteiger partial charge in [0.2, 0.25) is 0 Å². The number of nitrogens with one attached hydrogen (secondary N) is 1. The van der Waals surface area contributed by atoms with Crippen LogP contribution in [0.4, 0.5) is 15.8 Å². The lowest BCUT2D eigenvalue weighted by Gasteiger charge is -2.15. The summed E-state index contributed by atoms with van der Waals surface area (Å²) >= 11 is 5.51. The molecule has 1 atom stereocenters. The molecule has 0 fully saturated rings. The number of nitro groups is 1. The van der Waals surface area contributed by atoms with Gasteiger partial charge in [0.25, 0.3) is 5.69 Å². The largest absolute Gasteiger partial charge is 0.396 e. The highest BCUT2D eigenvalue weighted by molar-refractivity contribution is 6.31. The molecule has 1 aromatic carbocycles. The molecule has 1 aromatic rings. The molecule has 18 heavy (non-hydrogen) atoms. The Morgan fingerprint density at radius 3 is 2.83 bits per heavy atom. The molecule has 0 aliphatic rings. The molecule has 0 saturated carbocycles. The number of aliphatic hydroxyl groups is 1. The second-order valence-electron chi connectivity index (χ2n) is 3.95. The first kappa shape index (κ1) is 14.7. The van der Waals surface area contributed by atoms with Gasteiger partial charge in [-0.15, -0.1) is 0 Å². The van der Waals surface area contributed by atoms with Gasteiger partial charge in [-0.3, -0.25) is 10.1 Å². The normalized spacial score (nSPS) is 12.2. The van der Waals surface area contributed by atoms with Gasteiger partial charge in [0, 0.05) is 24.8 Å². The molecule has 0 spiro atoms. The van der Waals surface area contributed by atoms with E-state index in [9.17, 15) is 14.5 Å². The molecule has 1 unspecified atom stereocenters. The zero-order valence-electron chi connectivity index (χ0n) is 9.82. The number of nitro benzene ring substituents is 1. The van der Waals surface area contributed by atoms with Crippen LogP contribution in [0.15, 0.2) is 12.1 Å². The Kier molecular flexibility index (Phi) is 5.30. The third kappa shape index (κ3) is 3.82. The van der Waals surface area contributed by atoms with Gasteiger partial charge < -0.3 is 10.4 Å². The van der Waals surface area contributed by atoms with E-state index in [4.69, 9.17) is 16.7 Å². The molecule has 0 radical (unpaired) electrons. The minimum Gasteiger partial charge on any atom is -0.396 e. The third-order valence-electron chi connectivity index (χ3n) is 2.43. The van der Waals surface area contributed by atoms with Gasteiger partial charge in [-0.2, -0.15) is 0 Å². The van der Waals surface area contributed by atoms with Crippen molar-refractivity contribution in [2.75, 3.05) is 11.9 Å². The van der Waals surface area contributed by atoms with Gasteiger partial charge in [-0.25, -0.2) is 4.39 Å². The first-order valence-corrected chi connectivity index (χ1v) is 5.84. The van der Waals surface area contributed by atoms with E-state index in [1.165, 1.54) is 0 Å². The summed E-state index contributed by atoms with van der Waals surface area (Å²) in [4.78, 5) is 10.2. The zero-order chi connectivity index (χ0) is 13.7. The van der Waals surface area contributed by atoms with Crippen LogP contribution in [0, 0.1) is 15.9 Å². The number of hydrogen-bond acceptors (Lipinski definition) is 4. The van der Waals surface area contributed by atoms with Crippen LogP contribution < -0.4 is 5.32 Å². The maximum atomic E-state index is 13.3. The van der Waals surface area contributed by atoms with E-state index in [2.05, 4.69) is 5.32 Å². The molecule has 100 valence electrons. The lowest BCUT2D eigenvalue weighted by molar-refractivity contribution is -0.384. The van der Waals surface area contributed by atoms with Crippen molar-refractivity contribution < 1.29 is 14.4 Å². The number of halogens is 2. The number of benzene rings is 1. The lowest BCUT2D eigenvalue weighted by Crippen LogP contribution is -2.16. The number of aliphatic hydroxyl groups excluding tert-OH is 1. The summed E-state index contributed by atoms with van der Waals surface area (Å²) in [6, 6.07) is 1.88. The van der Waals surface area contributed by atoms with Crippen LogP contribution in [0.1, 0.15) is 19.8 Å². The Morgan fingerprint density at radius 2 is 2.28 bits per heavy atom. The molecule has 0 heterocycles. The average Bonchev–Trinajstić information content (AvgIpc) is 2.30. The molecule has 0 saturated heterocycles. The molecule has 2 N–H and O–H groups in total. The predicted molar refractivity (Wildman–Crippen MR) is 67.5 cm³/mol. The van der Waals surface area contributed by atoms with Crippen molar-refractivity contribution >= 4 is 23.0 Å². The molecule has 0 amide bonds. The molecule has 0 aromatic heterocycles. The Balaban J connectivity index is 2.93. The van der Waals surface area contributed by atoms with Gasteiger partial charge >= 0.3 is 0 Å². The Labute approximate surface area is 109 Å². The summed E-state index contributed by atoms with van der Waals surface area (Å²) in [5.41, 5.74) is -0.176. The maximum Gasteiger partial charge on any atom is 0.294 e. The van der Waals surface area contributed by atoms with Gasteiger partial charge in [-0.1, -0.05) is 11.6 Å². The molecule has 0 aliphatic carbocycles. The second-order valence-corrected chi connectivity index (χ2v) is 4.36. The van der Waals surface area contributed by atoms with Crippen molar-refractivity contribution in [2.45, 2.75) is 25.8 Å². The average molecular weight is 277 g/mol. The molecule has 7 heteroatoms. The molecule has 0 aliphatic heterocycles. The van der Waals surface area contributed by atoms with Gasteiger partial charge in [-0.05, 0) is 19.8 Å². The van der Waals surface area contributed by atoms with Crippen molar-refractivity contribution in [3.05, 3.63) is 33.1 Å². The van der Waals surface area contributed by atoms with Crippen molar-refractivity contribution in [3.63, 3.8) is 0 Å². The highest BCUT2D eigenvalue weighted by atomic mass is 35.5. The van der Waals surface area contributed by atoms with Crippen molar-refractivity contribution in [1.29, 1.82) is 0 Å². The summed E-state index contributed by atoms with van der Waals surface area (Å²) in [5, 5.41) is 22.1. The van der Waals surface area contributed by atoms with Crippen molar-refractivity contribution in [1.82, 2.24) is 0 Å². The third-order valence-corrected chi connectivity index (χ3v) is 2.72. The zero-order valence-corrected chi connectivity index (χ0v) is 10.6. The maximum absolute atomic E-state index is 13.3. The van der Waals surface area contributed by atoms with Crippen molar-refractivity contribution in [3.8, 4) is 0 Å². The summed E-state index contributed by atoms with van der Waals surface area (Å²) in [7, 11) is 0. The number of nitrogens with zero attached hydrogens (tertiary/aromatic N) is 1. The molecular formula is C11H14ClFN2O3. The summed E-state index contributed by atoms with van der Waals surface area (Å²) in [6.45, 7) is 1.84. The number of anilines is 1. The first-order valence-electron chi connectivity index (χ1n) is 5.46. The van der Waals surface area contributed by atoms with E-state index >= 15 is 0 Å². The first-order chi connectivity index (χ1) is 8.45. The predicted octanol–water partition coefficient (Wildman–Crippen LogP) is 2.96. The van der Waals surface area contributed by atoms with Crippen molar-refractivity contribution in [2.24, 2.45) is 0 Å². The number of rotatable bonds is 6. The summed E-state index contributed by atoms with van der Waals surface area (Å²) < 4.78 is 13.3. The van der Waals surface area contributed by atoms with Crippen LogP contribution >= 0.6 is 11.6 Å². The fourth-order valence-corrected chi connectivity index (χ4v) is 1.70. The van der Waals surface area contributed by atoms with E-state index in [0.29, 0.717) is 12.8 Å². The molecule has 0 bridgehead atoms. The number of hydrogen-bond donors (Lipinski definition) is 2. The van der Waals surface area contributed by atoms with Gasteiger partial charge in [0.15, 0.2) is 0 Å². The Bertz CT molecular complexity index is 443. The standard InChI is InChI=1S/C11H14ClFN2O3/c1-7(3-2-4-16)14-10-6-9(13)8(12)5-11(10)15(17)18/h5-7,14,16H,2-4H2,1H3. The van der Waals surface area contributed by atoms with E-state index in [1.54, 1.807) is 6.92 Å². The van der Waals surface area contributed by atoms with Crippen LogP contribution in [0.3, 0.4) is 0 Å². The SMILES string of the molecule is CC(CCCO)Nc1cc(F)c(Cl)cc1[N+](=O)[O-]. The quantitative estimate of drug-likeness (QED) is 0.619. The van der Waals surface area contributed by atoms with Crippen LogP contribution in [0.5, 0.6) is 0 Å². The Morgan fingerprint density at radius 1 is 1.61 bits per heavy atom. The summed E-state index contributed by atoms with van der Waals surface area (Å²) in [6.07, 6.45) is 1.19. The Hall–Kier alpha value is -1.40. The second kappa shape index (κ2) is 6.51. The van der Waals surface area contributed by atoms with E-state index in [0.717, 1.165) is 12.1 Å². The van der Waals surface area contributed by atoms with E-state index < -0.39 is 10.7 Å². The van der Waals surface area contributed by atoms with Crippen LogP contribution in [0.2, 0.25) is 5.02 Å². The molecule has 1 rings (SSSR count). The highest BCUT2D eigenvalue weighted by Gasteiger charge is 2.18. The van der Waals surface area contributed by atoms with Crippen LogP contribution in [-0.2, 0) is 0 Å².